The van der Waals surface area contributed by atoms with E-state index < -0.39 is 0 Å². The molecular weight excluding hydrogens is 324 g/mol. The Hall–Kier alpha value is -2.66. The van der Waals surface area contributed by atoms with E-state index in [9.17, 15) is 4.79 Å². The molecule has 0 bridgehead atoms. The predicted molar refractivity (Wildman–Crippen MR) is 103 cm³/mol. The zero-order valence-electron chi connectivity index (χ0n) is 15.1. The fourth-order valence-electron chi connectivity index (χ4n) is 3.68. The van der Waals surface area contributed by atoms with E-state index in [1.54, 1.807) is 0 Å². The van der Waals surface area contributed by atoms with Crippen molar-refractivity contribution in [2.75, 3.05) is 19.6 Å². The highest BCUT2D eigenvalue weighted by Crippen LogP contribution is 2.22. The van der Waals surface area contributed by atoms with Crippen molar-refractivity contribution in [3.05, 3.63) is 60.4 Å². The molecule has 4 rings (SSSR count). The van der Waals surface area contributed by atoms with Crippen molar-refractivity contribution in [1.82, 2.24) is 19.8 Å². The van der Waals surface area contributed by atoms with Crippen LogP contribution in [0.5, 0.6) is 0 Å². The molecule has 5 nitrogen and oxygen atoms in total. The number of benzene rings is 2. The summed E-state index contributed by atoms with van der Waals surface area (Å²) in [7, 11) is 0. The van der Waals surface area contributed by atoms with Crippen LogP contribution in [0.25, 0.3) is 16.7 Å². The van der Waals surface area contributed by atoms with E-state index in [0.717, 1.165) is 42.2 Å². The third-order valence-electron chi connectivity index (χ3n) is 5.03. The van der Waals surface area contributed by atoms with Crippen LogP contribution in [0.3, 0.4) is 0 Å². The zero-order chi connectivity index (χ0) is 17.9. The van der Waals surface area contributed by atoms with Crippen LogP contribution in [0.15, 0.2) is 54.6 Å². The number of carbonyl (C=O) groups is 1. The van der Waals surface area contributed by atoms with E-state index in [1.807, 2.05) is 41.3 Å². The molecule has 1 saturated heterocycles. The molecule has 1 N–H and O–H groups in total. The van der Waals surface area contributed by atoms with Crippen LogP contribution in [-0.4, -0.2) is 46.0 Å². The van der Waals surface area contributed by atoms with Crippen molar-refractivity contribution in [1.29, 1.82) is 0 Å². The summed E-state index contributed by atoms with van der Waals surface area (Å²) >= 11 is 0. The number of amides is 1. The van der Waals surface area contributed by atoms with Crippen molar-refractivity contribution < 1.29 is 4.79 Å². The number of aryl methyl sites for hydroxylation is 1. The van der Waals surface area contributed by atoms with Crippen molar-refractivity contribution in [3.63, 3.8) is 0 Å². The topological polar surface area (TPSA) is 50.2 Å². The van der Waals surface area contributed by atoms with Crippen molar-refractivity contribution in [2.45, 2.75) is 25.8 Å². The van der Waals surface area contributed by atoms with E-state index in [4.69, 9.17) is 4.98 Å². The summed E-state index contributed by atoms with van der Waals surface area (Å²) in [6.45, 7) is 4.63. The van der Waals surface area contributed by atoms with Gasteiger partial charge in [-0.1, -0.05) is 30.3 Å². The lowest BCUT2D eigenvalue weighted by molar-refractivity contribution is -0.133. The molecule has 1 fully saturated rings. The van der Waals surface area contributed by atoms with Gasteiger partial charge in [-0.05, 0) is 31.2 Å². The van der Waals surface area contributed by atoms with Crippen LogP contribution < -0.4 is 5.32 Å². The summed E-state index contributed by atoms with van der Waals surface area (Å²) in [6.07, 6.45) is 1.12. The first-order valence-electron chi connectivity index (χ1n) is 9.26. The molecule has 1 amide bonds. The van der Waals surface area contributed by atoms with Gasteiger partial charge in [0.1, 0.15) is 5.82 Å². The van der Waals surface area contributed by atoms with Gasteiger partial charge in [-0.25, -0.2) is 4.98 Å². The lowest BCUT2D eigenvalue weighted by Crippen LogP contribution is -2.52. The van der Waals surface area contributed by atoms with Gasteiger partial charge in [0.2, 0.25) is 5.91 Å². The fraction of sp³-hybridized carbons (Fsp3) is 0.333. The van der Waals surface area contributed by atoms with Gasteiger partial charge in [0.15, 0.2) is 0 Å². The number of piperazine rings is 1. The number of aromatic nitrogens is 2. The molecule has 134 valence electrons. The highest BCUT2D eigenvalue weighted by Gasteiger charge is 2.23. The summed E-state index contributed by atoms with van der Waals surface area (Å²) in [4.78, 5) is 19.5. The Labute approximate surface area is 153 Å². The maximum atomic E-state index is 12.7. The molecule has 1 aromatic heterocycles. The highest BCUT2D eigenvalue weighted by molar-refractivity contribution is 5.79. The summed E-state index contributed by atoms with van der Waals surface area (Å²) in [5, 5.41) is 3.33. The van der Waals surface area contributed by atoms with Gasteiger partial charge in [0.25, 0.3) is 0 Å². The third-order valence-corrected chi connectivity index (χ3v) is 5.03. The maximum absolute atomic E-state index is 12.7. The number of rotatable bonds is 4. The molecule has 5 heteroatoms. The standard InChI is InChI=1S/C21H24N4O/c1-16-15-22-13-14-24(16)21(26)12-11-20-23-18-9-5-6-10-19(18)25(20)17-7-3-2-4-8-17/h2-10,16,22H,11-15H2,1H3/t16-/m0/s1. The Kier molecular flexibility index (Phi) is 4.71. The SMILES string of the molecule is C[C@H]1CNCCN1C(=O)CCc1nc2ccccc2n1-c1ccccc1. The van der Waals surface area contributed by atoms with Crippen LogP contribution in [0.2, 0.25) is 0 Å². The second-order valence-corrected chi connectivity index (χ2v) is 6.83. The van der Waals surface area contributed by atoms with Crippen LogP contribution in [-0.2, 0) is 11.2 Å². The first-order valence-corrected chi connectivity index (χ1v) is 9.26. The molecule has 26 heavy (non-hydrogen) atoms. The molecule has 0 spiro atoms. The Morgan fingerprint density at radius 3 is 2.73 bits per heavy atom. The first-order chi connectivity index (χ1) is 12.7. The van der Waals surface area contributed by atoms with Crippen molar-refractivity contribution in [2.24, 2.45) is 0 Å². The van der Waals surface area contributed by atoms with Gasteiger partial charge in [0, 0.05) is 44.2 Å². The lowest BCUT2D eigenvalue weighted by atomic mass is 10.1. The summed E-state index contributed by atoms with van der Waals surface area (Å²) in [5.41, 5.74) is 3.13. The normalized spacial score (nSPS) is 17.6. The zero-order valence-corrected chi connectivity index (χ0v) is 15.1. The first kappa shape index (κ1) is 16.8. The van der Waals surface area contributed by atoms with Gasteiger partial charge in [-0.2, -0.15) is 0 Å². The van der Waals surface area contributed by atoms with Crippen LogP contribution in [0.4, 0.5) is 0 Å². The van der Waals surface area contributed by atoms with Crippen LogP contribution >= 0.6 is 0 Å². The number of imidazole rings is 1. The summed E-state index contributed by atoms with van der Waals surface area (Å²) in [5.74, 6) is 1.15. The van der Waals surface area contributed by atoms with E-state index in [1.165, 1.54) is 0 Å². The molecule has 2 heterocycles. The smallest absolute Gasteiger partial charge is 0.223 e. The third kappa shape index (κ3) is 3.22. The molecule has 0 saturated carbocycles. The number of hydrogen-bond donors (Lipinski definition) is 1. The minimum Gasteiger partial charge on any atom is -0.337 e. The van der Waals surface area contributed by atoms with Crippen molar-refractivity contribution in [3.8, 4) is 5.69 Å². The maximum Gasteiger partial charge on any atom is 0.223 e. The Bertz CT molecular complexity index is 903. The van der Waals surface area contributed by atoms with Crippen LogP contribution in [0, 0.1) is 0 Å². The van der Waals surface area contributed by atoms with Crippen LogP contribution in [0.1, 0.15) is 19.2 Å². The highest BCUT2D eigenvalue weighted by atomic mass is 16.2. The number of nitrogens with one attached hydrogen (secondary N) is 1. The number of para-hydroxylation sites is 3. The summed E-state index contributed by atoms with van der Waals surface area (Å²) in [6, 6.07) is 18.6. The van der Waals surface area contributed by atoms with Gasteiger partial charge in [-0.3, -0.25) is 9.36 Å². The number of hydrogen-bond acceptors (Lipinski definition) is 3. The van der Waals surface area contributed by atoms with Gasteiger partial charge >= 0.3 is 0 Å². The molecule has 0 unspecified atom stereocenters. The second kappa shape index (κ2) is 7.30. The molecule has 2 aromatic carbocycles. The van der Waals surface area contributed by atoms with Gasteiger partial charge < -0.3 is 10.2 Å². The molecule has 1 aliphatic heterocycles. The average Bonchev–Trinajstić information content (AvgIpc) is 3.05. The Balaban J connectivity index is 1.61. The minimum absolute atomic E-state index is 0.214. The van der Waals surface area contributed by atoms with E-state index in [2.05, 4.69) is 35.0 Å². The number of carbonyl (C=O) groups excluding carboxylic acids is 1. The molecule has 0 radical (unpaired) electrons. The molecule has 3 aromatic rings. The lowest BCUT2D eigenvalue weighted by Gasteiger charge is -2.34. The van der Waals surface area contributed by atoms with Gasteiger partial charge in [-0.15, -0.1) is 0 Å². The molecular formula is C21H24N4O. The monoisotopic (exact) mass is 348 g/mol. The Morgan fingerprint density at radius 2 is 1.92 bits per heavy atom. The van der Waals surface area contributed by atoms with Gasteiger partial charge in [0.05, 0.1) is 11.0 Å². The van der Waals surface area contributed by atoms with E-state index >= 15 is 0 Å². The molecule has 1 aliphatic rings. The number of nitrogens with zero attached hydrogens (tertiary/aromatic N) is 3. The molecule has 1 atom stereocenters. The Morgan fingerprint density at radius 1 is 1.15 bits per heavy atom. The fourth-order valence-corrected chi connectivity index (χ4v) is 3.68. The number of fused-ring (bicyclic) bond motifs is 1. The average molecular weight is 348 g/mol. The van der Waals surface area contributed by atoms with E-state index in [-0.39, 0.29) is 11.9 Å². The minimum atomic E-state index is 0.214. The largest absolute Gasteiger partial charge is 0.337 e. The molecule has 0 aliphatic carbocycles. The summed E-state index contributed by atoms with van der Waals surface area (Å²) < 4.78 is 2.17. The van der Waals surface area contributed by atoms with E-state index in [0.29, 0.717) is 12.8 Å². The second-order valence-electron chi connectivity index (χ2n) is 6.83. The van der Waals surface area contributed by atoms with Crippen molar-refractivity contribution >= 4 is 16.9 Å². The predicted octanol–water partition coefficient (Wildman–Crippen LogP) is 2.78. The quantitative estimate of drug-likeness (QED) is 0.789.